The molecular weight excluding hydrogens is 210 g/mol. The van der Waals surface area contributed by atoms with E-state index in [0.29, 0.717) is 6.42 Å². The van der Waals surface area contributed by atoms with Crippen LogP contribution in [-0.4, -0.2) is 11.8 Å². The van der Waals surface area contributed by atoms with Crippen LogP contribution in [0.5, 0.6) is 0 Å². The van der Waals surface area contributed by atoms with Gasteiger partial charge in [-0.1, -0.05) is 39.0 Å². The molecular formula is C12H24ClNO. The average molecular weight is 234 g/mol. The molecule has 0 aromatic carbocycles. The molecule has 0 aromatic heterocycles. The summed E-state index contributed by atoms with van der Waals surface area (Å²) in [5, 5.41) is -0.174. The van der Waals surface area contributed by atoms with Gasteiger partial charge in [0, 0.05) is 6.42 Å². The first kappa shape index (κ1) is 14.9. The van der Waals surface area contributed by atoms with Crippen LogP contribution in [0.4, 0.5) is 0 Å². The van der Waals surface area contributed by atoms with Gasteiger partial charge in [-0.2, -0.15) is 0 Å². The van der Waals surface area contributed by atoms with Crippen LogP contribution >= 0.6 is 11.6 Å². The van der Waals surface area contributed by atoms with Crippen LogP contribution in [0.25, 0.3) is 0 Å². The van der Waals surface area contributed by atoms with Crippen molar-refractivity contribution in [3.63, 3.8) is 0 Å². The van der Waals surface area contributed by atoms with Crippen LogP contribution < -0.4 is 5.73 Å². The van der Waals surface area contributed by atoms with Crippen molar-refractivity contribution in [2.75, 3.05) is 6.54 Å². The van der Waals surface area contributed by atoms with Gasteiger partial charge >= 0.3 is 0 Å². The zero-order valence-electron chi connectivity index (χ0n) is 9.80. The minimum absolute atomic E-state index is 0.174. The maximum atomic E-state index is 10.4. The third-order valence-corrected chi connectivity index (χ3v) is 2.97. The highest BCUT2D eigenvalue weighted by Gasteiger charge is 2.15. The SMILES string of the molecule is CCCCN.O=C(Cl)CCC1CCCC1. The fourth-order valence-electron chi connectivity index (χ4n) is 1.82. The molecule has 1 aliphatic carbocycles. The van der Waals surface area contributed by atoms with Gasteiger partial charge in [-0.3, -0.25) is 4.79 Å². The Morgan fingerprint density at radius 3 is 2.33 bits per heavy atom. The predicted molar refractivity (Wildman–Crippen MR) is 66.0 cm³/mol. The standard InChI is InChI=1S/C8H13ClO.C4H11N/c9-8(10)6-5-7-3-1-2-4-7;1-2-3-4-5/h7H,1-6H2;2-5H2,1H3. The molecule has 2 N–H and O–H groups in total. The van der Waals surface area contributed by atoms with Crippen molar-refractivity contribution in [2.24, 2.45) is 11.7 Å². The van der Waals surface area contributed by atoms with Gasteiger partial charge in [-0.15, -0.1) is 0 Å². The number of rotatable bonds is 5. The molecule has 0 aromatic rings. The molecule has 1 rings (SSSR count). The van der Waals surface area contributed by atoms with Crippen molar-refractivity contribution >= 4 is 16.8 Å². The fourth-order valence-corrected chi connectivity index (χ4v) is 1.93. The Morgan fingerprint density at radius 1 is 1.40 bits per heavy atom. The van der Waals surface area contributed by atoms with Crippen molar-refractivity contribution in [1.29, 1.82) is 0 Å². The molecule has 1 fully saturated rings. The normalized spacial score (nSPS) is 15.9. The molecule has 3 heteroatoms. The summed E-state index contributed by atoms with van der Waals surface area (Å²) in [7, 11) is 0. The molecule has 0 unspecified atom stereocenters. The molecule has 0 amide bonds. The van der Waals surface area contributed by atoms with Gasteiger partial charge in [0.2, 0.25) is 5.24 Å². The lowest BCUT2D eigenvalue weighted by molar-refractivity contribution is -0.111. The molecule has 1 aliphatic rings. The van der Waals surface area contributed by atoms with Gasteiger partial charge in [-0.05, 0) is 36.9 Å². The fraction of sp³-hybridized carbons (Fsp3) is 0.917. The van der Waals surface area contributed by atoms with Crippen molar-refractivity contribution in [1.82, 2.24) is 0 Å². The first-order valence-corrected chi connectivity index (χ1v) is 6.46. The van der Waals surface area contributed by atoms with E-state index >= 15 is 0 Å². The Balaban J connectivity index is 0.000000336. The van der Waals surface area contributed by atoms with E-state index in [1.807, 2.05) is 0 Å². The maximum absolute atomic E-state index is 10.4. The summed E-state index contributed by atoms with van der Waals surface area (Å²) in [4.78, 5) is 10.4. The van der Waals surface area contributed by atoms with E-state index < -0.39 is 0 Å². The van der Waals surface area contributed by atoms with Gasteiger partial charge < -0.3 is 5.73 Å². The highest BCUT2D eigenvalue weighted by atomic mass is 35.5. The zero-order chi connectivity index (χ0) is 11.5. The topological polar surface area (TPSA) is 43.1 Å². The van der Waals surface area contributed by atoms with Crippen LogP contribution in [0.2, 0.25) is 0 Å². The summed E-state index contributed by atoms with van der Waals surface area (Å²) in [5.74, 6) is 0.794. The van der Waals surface area contributed by atoms with E-state index in [4.69, 9.17) is 17.3 Å². The number of carbonyl (C=O) groups excluding carboxylic acids is 1. The van der Waals surface area contributed by atoms with E-state index in [1.165, 1.54) is 38.5 Å². The average Bonchev–Trinajstić information content (AvgIpc) is 2.69. The third kappa shape index (κ3) is 10.2. The Kier molecular flexibility index (Phi) is 10.4. The number of halogens is 1. The van der Waals surface area contributed by atoms with Crippen molar-refractivity contribution in [3.05, 3.63) is 0 Å². The van der Waals surface area contributed by atoms with E-state index in [-0.39, 0.29) is 5.24 Å². The molecule has 0 atom stereocenters. The molecule has 0 spiro atoms. The second-order valence-corrected chi connectivity index (χ2v) is 4.61. The van der Waals surface area contributed by atoms with Crippen LogP contribution in [0, 0.1) is 5.92 Å². The molecule has 1 saturated carbocycles. The highest BCUT2D eigenvalue weighted by molar-refractivity contribution is 6.63. The van der Waals surface area contributed by atoms with Crippen LogP contribution in [-0.2, 0) is 4.79 Å². The Labute approximate surface area is 98.6 Å². The Bertz CT molecular complexity index is 154. The van der Waals surface area contributed by atoms with E-state index in [1.54, 1.807) is 0 Å². The van der Waals surface area contributed by atoms with E-state index in [0.717, 1.165) is 18.9 Å². The summed E-state index contributed by atoms with van der Waals surface area (Å²) in [6.07, 6.45) is 9.29. The van der Waals surface area contributed by atoms with Gasteiger partial charge in [0.1, 0.15) is 0 Å². The highest BCUT2D eigenvalue weighted by Crippen LogP contribution is 2.28. The lowest BCUT2D eigenvalue weighted by Gasteiger charge is -2.04. The minimum atomic E-state index is -0.174. The van der Waals surface area contributed by atoms with Crippen molar-refractivity contribution in [2.45, 2.75) is 58.3 Å². The molecule has 2 nitrogen and oxygen atoms in total. The number of hydrogen-bond acceptors (Lipinski definition) is 2. The first-order chi connectivity index (χ1) is 7.20. The quantitative estimate of drug-likeness (QED) is 0.739. The van der Waals surface area contributed by atoms with Crippen LogP contribution in [0.15, 0.2) is 0 Å². The van der Waals surface area contributed by atoms with Gasteiger partial charge in [0.05, 0.1) is 0 Å². The summed E-state index contributed by atoms with van der Waals surface area (Å²) >= 11 is 5.22. The largest absolute Gasteiger partial charge is 0.330 e. The first-order valence-electron chi connectivity index (χ1n) is 6.09. The van der Waals surface area contributed by atoms with Crippen LogP contribution in [0.3, 0.4) is 0 Å². The van der Waals surface area contributed by atoms with Crippen molar-refractivity contribution in [3.8, 4) is 0 Å². The van der Waals surface area contributed by atoms with Gasteiger partial charge in [0.15, 0.2) is 0 Å². The van der Waals surface area contributed by atoms with E-state index in [9.17, 15) is 4.79 Å². The number of hydrogen-bond donors (Lipinski definition) is 1. The molecule has 0 aliphatic heterocycles. The van der Waals surface area contributed by atoms with Crippen molar-refractivity contribution < 1.29 is 4.79 Å². The Morgan fingerprint density at radius 2 is 2.00 bits per heavy atom. The summed E-state index contributed by atoms with van der Waals surface area (Å²) in [6, 6.07) is 0. The van der Waals surface area contributed by atoms with Gasteiger partial charge in [0.25, 0.3) is 0 Å². The Hall–Kier alpha value is -0.0800. The minimum Gasteiger partial charge on any atom is -0.330 e. The van der Waals surface area contributed by atoms with Gasteiger partial charge in [-0.25, -0.2) is 0 Å². The second-order valence-electron chi connectivity index (χ2n) is 4.19. The summed E-state index contributed by atoms with van der Waals surface area (Å²) in [6.45, 7) is 2.98. The number of unbranched alkanes of at least 4 members (excludes halogenated alkanes) is 1. The number of nitrogens with two attached hydrogens (primary N) is 1. The second kappa shape index (κ2) is 10.4. The lowest BCUT2D eigenvalue weighted by atomic mass is 10.0. The predicted octanol–water partition coefficient (Wildman–Crippen LogP) is 3.47. The zero-order valence-corrected chi connectivity index (χ0v) is 10.6. The van der Waals surface area contributed by atoms with Crippen LogP contribution in [0.1, 0.15) is 58.3 Å². The molecule has 90 valence electrons. The molecule has 0 radical (unpaired) electrons. The summed E-state index contributed by atoms with van der Waals surface area (Å²) < 4.78 is 0. The lowest BCUT2D eigenvalue weighted by Crippen LogP contribution is -1.95. The monoisotopic (exact) mass is 233 g/mol. The molecule has 15 heavy (non-hydrogen) atoms. The number of carbonyl (C=O) groups is 1. The third-order valence-electron chi connectivity index (χ3n) is 2.78. The molecule has 0 bridgehead atoms. The smallest absolute Gasteiger partial charge is 0.221 e. The van der Waals surface area contributed by atoms with E-state index in [2.05, 4.69) is 6.92 Å². The summed E-state index contributed by atoms with van der Waals surface area (Å²) in [5.41, 5.74) is 5.14. The molecule has 0 heterocycles. The molecule has 0 saturated heterocycles. The maximum Gasteiger partial charge on any atom is 0.221 e.